The van der Waals surface area contributed by atoms with E-state index in [1.54, 1.807) is 12.4 Å². The van der Waals surface area contributed by atoms with Crippen molar-refractivity contribution in [2.45, 2.75) is 6.54 Å². The first-order valence-electron chi connectivity index (χ1n) is 8.97. The van der Waals surface area contributed by atoms with E-state index in [1.807, 2.05) is 78.9 Å². The van der Waals surface area contributed by atoms with Crippen LogP contribution in [0.1, 0.15) is 5.56 Å². The van der Waals surface area contributed by atoms with E-state index in [4.69, 9.17) is 4.74 Å². The fourth-order valence-corrected chi connectivity index (χ4v) is 2.88. The summed E-state index contributed by atoms with van der Waals surface area (Å²) in [7, 11) is 0. The van der Waals surface area contributed by atoms with Crippen LogP contribution in [0.15, 0.2) is 91.3 Å². The van der Waals surface area contributed by atoms with E-state index in [0.717, 1.165) is 33.5 Å². The molecule has 2 amide bonds. The van der Waals surface area contributed by atoms with Crippen LogP contribution < -0.4 is 15.4 Å². The number of anilines is 1. The van der Waals surface area contributed by atoms with Crippen molar-refractivity contribution >= 4 is 22.5 Å². The molecule has 4 aromatic rings. The van der Waals surface area contributed by atoms with Crippen molar-refractivity contribution in [2.75, 3.05) is 5.32 Å². The minimum atomic E-state index is -0.256. The van der Waals surface area contributed by atoms with Gasteiger partial charge in [-0.1, -0.05) is 42.5 Å². The number of fused-ring (bicyclic) bond motifs is 1. The normalized spacial score (nSPS) is 10.4. The van der Waals surface area contributed by atoms with Gasteiger partial charge in [0.25, 0.3) is 0 Å². The third-order valence-corrected chi connectivity index (χ3v) is 4.28. The molecule has 1 heterocycles. The van der Waals surface area contributed by atoms with E-state index >= 15 is 0 Å². The highest BCUT2D eigenvalue weighted by Crippen LogP contribution is 2.22. The summed E-state index contributed by atoms with van der Waals surface area (Å²) in [4.78, 5) is 16.4. The lowest BCUT2D eigenvalue weighted by atomic mass is 10.1. The highest BCUT2D eigenvalue weighted by atomic mass is 16.5. The van der Waals surface area contributed by atoms with Crippen LogP contribution >= 0.6 is 0 Å². The predicted molar refractivity (Wildman–Crippen MR) is 111 cm³/mol. The summed E-state index contributed by atoms with van der Waals surface area (Å²) >= 11 is 0. The first-order chi connectivity index (χ1) is 13.8. The molecule has 2 N–H and O–H groups in total. The topological polar surface area (TPSA) is 63.2 Å². The van der Waals surface area contributed by atoms with E-state index < -0.39 is 0 Å². The summed E-state index contributed by atoms with van der Waals surface area (Å²) in [6.07, 6.45) is 3.49. The average molecular weight is 369 g/mol. The Labute approximate surface area is 163 Å². The number of hydrogen-bond donors (Lipinski definition) is 2. The van der Waals surface area contributed by atoms with Crippen molar-refractivity contribution in [1.29, 1.82) is 0 Å². The second-order valence-electron chi connectivity index (χ2n) is 6.27. The SMILES string of the molecule is O=C(NCc1ccc(Oc2ccccc2)cc1)Nc1cccc2cnccc12. The van der Waals surface area contributed by atoms with Crippen LogP contribution in [0.4, 0.5) is 10.5 Å². The number of nitrogens with one attached hydrogen (secondary N) is 2. The number of para-hydroxylation sites is 1. The second kappa shape index (κ2) is 8.22. The molecule has 28 heavy (non-hydrogen) atoms. The maximum absolute atomic E-state index is 12.3. The Bertz CT molecular complexity index is 1070. The average Bonchev–Trinajstić information content (AvgIpc) is 2.74. The monoisotopic (exact) mass is 369 g/mol. The van der Waals surface area contributed by atoms with Crippen molar-refractivity contribution in [3.63, 3.8) is 0 Å². The molecule has 0 bridgehead atoms. The van der Waals surface area contributed by atoms with Gasteiger partial charge in [0.1, 0.15) is 11.5 Å². The van der Waals surface area contributed by atoms with E-state index in [-0.39, 0.29) is 6.03 Å². The molecule has 4 rings (SSSR count). The highest BCUT2D eigenvalue weighted by molar-refractivity contribution is 6.01. The van der Waals surface area contributed by atoms with E-state index in [1.165, 1.54) is 0 Å². The summed E-state index contributed by atoms with van der Waals surface area (Å²) in [5, 5.41) is 7.71. The molecule has 1 aromatic heterocycles. The van der Waals surface area contributed by atoms with Crippen LogP contribution in [-0.4, -0.2) is 11.0 Å². The van der Waals surface area contributed by atoms with Crippen molar-refractivity contribution in [2.24, 2.45) is 0 Å². The van der Waals surface area contributed by atoms with Crippen LogP contribution in [0.2, 0.25) is 0 Å². The summed E-state index contributed by atoms with van der Waals surface area (Å²) in [6, 6.07) is 24.6. The standard InChI is InChI=1S/C23H19N3O2/c27-23(26-22-8-4-5-18-16-24-14-13-21(18)22)25-15-17-9-11-20(12-10-17)28-19-6-2-1-3-7-19/h1-14,16H,15H2,(H2,25,26,27). The van der Waals surface area contributed by atoms with Gasteiger partial charge in [-0.3, -0.25) is 4.98 Å². The maximum atomic E-state index is 12.3. The molecule has 3 aromatic carbocycles. The maximum Gasteiger partial charge on any atom is 0.319 e. The number of ether oxygens (including phenoxy) is 1. The minimum Gasteiger partial charge on any atom is -0.457 e. The zero-order chi connectivity index (χ0) is 19.2. The van der Waals surface area contributed by atoms with Crippen LogP contribution in [0.3, 0.4) is 0 Å². The van der Waals surface area contributed by atoms with Crippen molar-refractivity contribution in [3.8, 4) is 11.5 Å². The zero-order valence-electron chi connectivity index (χ0n) is 15.1. The number of rotatable bonds is 5. The molecule has 0 atom stereocenters. The Morgan fingerprint density at radius 3 is 2.46 bits per heavy atom. The van der Waals surface area contributed by atoms with Gasteiger partial charge in [0.15, 0.2) is 0 Å². The van der Waals surface area contributed by atoms with Gasteiger partial charge in [-0.2, -0.15) is 0 Å². The summed E-state index contributed by atoms with van der Waals surface area (Å²) in [6.45, 7) is 0.420. The summed E-state index contributed by atoms with van der Waals surface area (Å²) in [5.41, 5.74) is 1.74. The minimum absolute atomic E-state index is 0.256. The fourth-order valence-electron chi connectivity index (χ4n) is 2.88. The van der Waals surface area contributed by atoms with Gasteiger partial charge in [0, 0.05) is 29.7 Å². The first-order valence-corrected chi connectivity index (χ1v) is 8.97. The molecule has 0 aliphatic carbocycles. The molecule has 0 unspecified atom stereocenters. The smallest absolute Gasteiger partial charge is 0.319 e. The predicted octanol–water partition coefficient (Wildman–Crippen LogP) is 5.35. The van der Waals surface area contributed by atoms with Crippen molar-refractivity contribution in [3.05, 3.63) is 96.8 Å². The zero-order valence-corrected chi connectivity index (χ0v) is 15.1. The molecule has 0 radical (unpaired) electrons. The van der Waals surface area contributed by atoms with Crippen molar-refractivity contribution in [1.82, 2.24) is 10.3 Å². The Hall–Kier alpha value is -3.86. The first kappa shape index (κ1) is 17.5. The van der Waals surface area contributed by atoms with E-state index in [9.17, 15) is 4.79 Å². The Balaban J connectivity index is 1.34. The third-order valence-electron chi connectivity index (χ3n) is 4.28. The number of amides is 2. The van der Waals surface area contributed by atoms with Gasteiger partial charge >= 0.3 is 6.03 Å². The lowest BCUT2D eigenvalue weighted by Gasteiger charge is -2.10. The number of urea groups is 1. The molecule has 0 saturated heterocycles. The lowest BCUT2D eigenvalue weighted by Crippen LogP contribution is -2.28. The number of nitrogens with zero attached hydrogens (tertiary/aromatic N) is 1. The molecule has 5 heteroatoms. The van der Waals surface area contributed by atoms with E-state index in [0.29, 0.717) is 6.54 Å². The van der Waals surface area contributed by atoms with E-state index in [2.05, 4.69) is 15.6 Å². The van der Waals surface area contributed by atoms with Gasteiger partial charge in [0.05, 0.1) is 5.69 Å². The highest BCUT2D eigenvalue weighted by Gasteiger charge is 2.06. The molecule has 0 aliphatic rings. The van der Waals surface area contributed by atoms with Gasteiger partial charge < -0.3 is 15.4 Å². The van der Waals surface area contributed by atoms with Gasteiger partial charge in [-0.05, 0) is 42.0 Å². The Kier molecular flexibility index (Phi) is 5.15. The third kappa shape index (κ3) is 4.27. The number of pyridine rings is 1. The number of carbonyl (C=O) groups excluding carboxylic acids is 1. The molecular formula is C23H19N3O2. The quantitative estimate of drug-likeness (QED) is 0.498. The van der Waals surface area contributed by atoms with Gasteiger partial charge in [-0.15, -0.1) is 0 Å². The Morgan fingerprint density at radius 2 is 1.64 bits per heavy atom. The van der Waals surface area contributed by atoms with Crippen LogP contribution in [-0.2, 0) is 6.54 Å². The van der Waals surface area contributed by atoms with Gasteiger partial charge in [-0.25, -0.2) is 4.79 Å². The summed E-state index contributed by atoms with van der Waals surface area (Å²) < 4.78 is 5.77. The number of benzene rings is 3. The molecule has 138 valence electrons. The lowest BCUT2D eigenvalue weighted by molar-refractivity contribution is 0.252. The van der Waals surface area contributed by atoms with Crippen LogP contribution in [0, 0.1) is 0 Å². The van der Waals surface area contributed by atoms with Gasteiger partial charge in [0.2, 0.25) is 0 Å². The van der Waals surface area contributed by atoms with Crippen LogP contribution in [0.5, 0.6) is 11.5 Å². The Morgan fingerprint density at radius 1 is 0.857 bits per heavy atom. The fraction of sp³-hybridized carbons (Fsp3) is 0.0435. The molecule has 0 fully saturated rings. The molecule has 0 saturated carbocycles. The largest absolute Gasteiger partial charge is 0.457 e. The summed E-state index contributed by atoms with van der Waals surface area (Å²) in [5.74, 6) is 1.54. The number of aromatic nitrogens is 1. The van der Waals surface area contributed by atoms with Crippen LogP contribution in [0.25, 0.3) is 10.8 Å². The molecular weight excluding hydrogens is 350 g/mol. The number of carbonyl (C=O) groups is 1. The van der Waals surface area contributed by atoms with Crippen molar-refractivity contribution < 1.29 is 9.53 Å². The molecule has 0 spiro atoms. The molecule has 5 nitrogen and oxygen atoms in total. The second-order valence-corrected chi connectivity index (χ2v) is 6.27. The molecule has 0 aliphatic heterocycles. The number of hydrogen-bond acceptors (Lipinski definition) is 3.